The number of carbonyl (C=O) groups excluding carboxylic acids is 4. The van der Waals surface area contributed by atoms with Crippen LogP contribution < -0.4 is 10.2 Å². The summed E-state index contributed by atoms with van der Waals surface area (Å²) < 4.78 is 17.1. The molecule has 0 aromatic heterocycles. The molecule has 2 heterocycles. The van der Waals surface area contributed by atoms with Crippen molar-refractivity contribution >= 4 is 29.6 Å². The van der Waals surface area contributed by atoms with Crippen LogP contribution in [0.5, 0.6) is 0 Å². The number of likely N-dealkylation sites (N-methyl/N-ethyl adjacent to an activating group) is 1. The van der Waals surface area contributed by atoms with E-state index >= 15 is 0 Å². The van der Waals surface area contributed by atoms with Crippen LogP contribution in [0.4, 0.5) is 10.5 Å². The van der Waals surface area contributed by atoms with E-state index in [9.17, 15) is 34.5 Å². The number of anilines is 1. The van der Waals surface area contributed by atoms with Gasteiger partial charge in [0.2, 0.25) is 11.8 Å². The van der Waals surface area contributed by atoms with Gasteiger partial charge in [-0.15, -0.1) is 11.6 Å². The first kappa shape index (κ1) is 43.5. The van der Waals surface area contributed by atoms with E-state index in [0.29, 0.717) is 17.7 Å². The molecule has 4 N–H and O–H groups in total. The fraction of sp³-hybridized carbons (Fsp3) is 0.611. The maximum atomic E-state index is 13.9. The minimum Gasteiger partial charge on any atom is -0.457 e. The van der Waals surface area contributed by atoms with Crippen LogP contribution in [-0.4, -0.2) is 101 Å². The molecular weight excluding hydrogens is 723 g/mol. The van der Waals surface area contributed by atoms with E-state index < -0.39 is 71.9 Å². The average Bonchev–Trinajstić information content (AvgIpc) is 3.04. The molecule has 0 aliphatic carbocycles. The second kappa shape index (κ2) is 18.2. The third kappa shape index (κ3) is 10.2. The Kier molecular flexibility index (Phi) is 15.8. The minimum atomic E-state index is -1.89. The molecule has 3 rings (SSSR count). The van der Waals surface area contributed by atoms with Crippen molar-refractivity contribution in [3.05, 3.63) is 53.1 Å². The van der Waals surface area contributed by atoms with Crippen LogP contribution >= 0.6 is 0 Å². The SMILES string of the molecule is CCC(C(=O)O[C@H]1CC(=O)N(C)c2[c-]c(CO)cc(c2)C/C(C)=C/C=C/[C@@H](OC)[C@@]2(O)CC(OC(=O)N2)[C@@H](C)C(C)C1(C)O)N(C)C(C)=O.[Y]. The summed E-state index contributed by atoms with van der Waals surface area (Å²) in [6, 6.07) is 5.63. The number of nitrogens with zero attached hydrogens (tertiary/aromatic N) is 2. The normalized spacial score (nSPS) is 31.6. The number of amides is 3. The summed E-state index contributed by atoms with van der Waals surface area (Å²) in [5.41, 5.74) is -1.23. The molecule has 2 aliphatic heterocycles. The summed E-state index contributed by atoms with van der Waals surface area (Å²) in [6.07, 6.45) is 1.10. The molecule has 2 aliphatic rings. The number of aliphatic hydroxyl groups excluding tert-OH is 1. The van der Waals surface area contributed by atoms with Crippen LogP contribution in [0, 0.1) is 17.9 Å². The number of esters is 1. The van der Waals surface area contributed by atoms with Crippen LogP contribution in [0.2, 0.25) is 0 Å². The quantitative estimate of drug-likeness (QED) is 0.249. The van der Waals surface area contributed by atoms with Gasteiger partial charge in [0.25, 0.3) is 0 Å². The standard InChI is InChI=1S/C36H52N3O10.Y/c1-10-28(38(7)24(5)41)33(43)49-31-18-32(42)39(8)27-16-25(15-26(17-27)20-40)14-21(2)12-11-13-30(47-9)36(46)19-29(48-34(44)37-36)22(3)23(4)35(31,6)45;/h11-13,15-16,22-23,28-31,40,45-46H,10,14,18-20H2,1-9H3,(H,37,44);/q-1;/b13-11+,21-12+;/t22-,23?,28?,29?,30+,31-,35?,36-;/m0./s1. The van der Waals surface area contributed by atoms with Gasteiger partial charge in [-0.05, 0) is 38.5 Å². The topological polar surface area (TPSA) is 175 Å². The number of carbonyl (C=O) groups is 4. The third-order valence-electron chi connectivity index (χ3n) is 10.0. The van der Waals surface area contributed by atoms with Crippen molar-refractivity contribution in [3.8, 4) is 0 Å². The number of ether oxygens (including phenoxy) is 3. The Bertz CT molecular complexity index is 1450. The second-order valence-electron chi connectivity index (χ2n) is 13.5. The number of rotatable bonds is 6. The minimum absolute atomic E-state index is 0. The number of benzene rings is 1. The number of hydrogen-bond acceptors (Lipinski definition) is 10. The molecule has 1 aromatic carbocycles. The summed E-state index contributed by atoms with van der Waals surface area (Å²) in [5.74, 6) is -3.09. The molecule has 14 heteroatoms. The molecule has 8 atom stereocenters. The molecule has 4 unspecified atom stereocenters. The first-order valence-corrected chi connectivity index (χ1v) is 16.5. The number of aliphatic hydroxyl groups is 3. The monoisotopic (exact) mass is 775 g/mol. The zero-order chi connectivity index (χ0) is 36.8. The smallest absolute Gasteiger partial charge is 0.409 e. The molecular formula is C36H52N3O10Y-. The number of hydrogen-bond donors (Lipinski definition) is 4. The van der Waals surface area contributed by atoms with E-state index in [1.54, 1.807) is 45.1 Å². The van der Waals surface area contributed by atoms with E-state index in [2.05, 4.69) is 11.4 Å². The molecule has 0 spiro atoms. The van der Waals surface area contributed by atoms with Gasteiger partial charge in [-0.1, -0.05) is 50.3 Å². The summed E-state index contributed by atoms with van der Waals surface area (Å²) in [5, 5.41) is 36.4. The number of fused-ring (bicyclic) bond motifs is 4. The predicted octanol–water partition coefficient (Wildman–Crippen LogP) is 2.78. The molecule has 275 valence electrons. The molecule has 13 nitrogen and oxygen atoms in total. The number of allylic oxidation sites excluding steroid dienone is 3. The Morgan fingerprint density at radius 1 is 1.24 bits per heavy atom. The summed E-state index contributed by atoms with van der Waals surface area (Å²) in [6.45, 7) is 9.48. The first-order chi connectivity index (χ1) is 22.9. The number of alkyl carbamates (subject to hydrolysis) is 1. The molecule has 3 amide bonds. The van der Waals surface area contributed by atoms with Gasteiger partial charge < -0.3 is 39.3 Å². The Hall–Kier alpha value is -2.68. The van der Waals surface area contributed by atoms with Gasteiger partial charge in [0.05, 0.1) is 6.42 Å². The van der Waals surface area contributed by atoms with E-state index in [1.807, 2.05) is 13.0 Å². The van der Waals surface area contributed by atoms with E-state index in [0.717, 1.165) is 11.1 Å². The molecule has 4 bridgehead atoms. The Balaban J connectivity index is 0.00000867. The predicted molar refractivity (Wildman–Crippen MR) is 181 cm³/mol. The largest absolute Gasteiger partial charge is 0.457 e. The van der Waals surface area contributed by atoms with Crippen molar-refractivity contribution in [1.82, 2.24) is 10.2 Å². The fourth-order valence-corrected chi connectivity index (χ4v) is 6.39. The zero-order valence-corrected chi connectivity index (χ0v) is 33.4. The molecule has 0 saturated carbocycles. The number of methoxy groups -OCH3 is 1. The third-order valence-corrected chi connectivity index (χ3v) is 10.0. The molecule has 1 saturated heterocycles. The van der Waals surface area contributed by atoms with Crippen molar-refractivity contribution in [2.75, 3.05) is 26.1 Å². The van der Waals surface area contributed by atoms with Gasteiger partial charge in [0, 0.05) is 73.9 Å². The fourth-order valence-electron chi connectivity index (χ4n) is 6.39. The van der Waals surface area contributed by atoms with Crippen LogP contribution in [0.25, 0.3) is 0 Å². The Labute approximate surface area is 320 Å². The van der Waals surface area contributed by atoms with Gasteiger partial charge in [-0.25, -0.2) is 9.59 Å². The van der Waals surface area contributed by atoms with Crippen molar-refractivity contribution in [2.24, 2.45) is 11.8 Å². The van der Waals surface area contributed by atoms with E-state index in [1.165, 1.54) is 44.9 Å². The van der Waals surface area contributed by atoms with Gasteiger partial charge in [-0.2, -0.15) is 17.7 Å². The number of nitrogens with one attached hydrogen (secondary N) is 1. The van der Waals surface area contributed by atoms with Crippen molar-refractivity contribution < 1.29 is 81.4 Å². The van der Waals surface area contributed by atoms with Crippen molar-refractivity contribution in [3.63, 3.8) is 0 Å². The van der Waals surface area contributed by atoms with Crippen LogP contribution in [0.15, 0.2) is 35.9 Å². The van der Waals surface area contributed by atoms with Crippen LogP contribution in [0.1, 0.15) is 71.9 Å². The van der Waals surface area contributed by atoms with Gasteiger partial charge in [0.15, 0.2) is 5.72 Å². The second-order valence-corrected chi connectivity index (χ2v) is 13.5. The molecule has 1 aromatic rings. The van der Waals surface area contributed by atoms with E-state index in [4.69, 9.17) is 14.2 Å². The summed E-state index contributed by atoms with van der Waals surface area (Å²) >= 11 is 0. The van der Waals surface area contributed by atoms with Gasteiger partial charge in [0.1, 0.15) is 30.0 Å². The molecule has 1 radical (unpaired) electrons. The maximum absolute atomic E-state index is 13.9. The van der Waals surface area contributed by atoms with Crippen molar-refractivity contribution in [1.29, 1.82) is 0 Å². The van der Waals surface area contributed by atoms with Gasteiger partial charge >= 0.3 is 12.1 Å². The van der Waals surface area contributed by atoms with Crippen molar-refractivity contribution in [2.45, 2.75) is 110 Å². The zero-order valence-electron chi connectivity index (χ0n) is 30.6. The average molecular weight is 776 g/mol. The molecule has 1 fully saturated rings. The van der Waals surface area contributed by atoms with E-state index in [-0.39, 0.29) is 58.1 Å². The maximum Gasteiger partial charge on any atom is 0.409 e. The Morgan fingerprint density at radius 3 is 2.48 bits per heavy atom. The molecule has 50 heavy (non-hydrogen) atoms. The first-order valence-electron chi connectivity index (χ1n) is 16.5. The Morgan fingerprint density at radius 2 is 1.90 bits per heavy atom. The summed E-state index contributed by atoms with van der Waals surface area (Å²) in [7, 11) is 4.41. The van der Waals surface area contributed by atoms with Crippen LogP contribution in [0.3, 0.4) is 0 Å². The summed E-state index contributed by atoms with van der Waals surface area (Å²) in [4.78, 5) is 55.0. The van der Waals surface area contributed by atoms with Gasteiger partial charge in [-0.3, -0.25) is 14.9 Å². The van der Waals surface area contributed by atoms with Crippen LogP contribution in [-0.2, 0) is 74.3 Å².